The van der Waals surface area contributed by atoms with Crippen LogP contribution >= 0.6 is 39.9 Å². The molecule has 8 heteroatoms. The van der Waals surface area contributed by atoms with Gasteiger partial charge in [0.05, 0.1) is 10.6 Å². The first-order valence-electron chi connectivity index (χ1n) is 9.61. The maximum atomic E-state index is 12.9. The average molecular weight is 525 g/mol. The van der Waals surface area contributed by atoms with Gasteiger partial charge in [-0.3, -0.25) is 14.5 Å². The molecule has 1 fully saturated rings. The minimum absolute atomic E-state index is 0.129. The molecule has 0 atom stereocenters. The van der Waals surface area contributed by atoms with E-state index in [1.807, 2.05) is 54.6 Å². The Labute approximate surface area is 203 Å². The van der Waals surface area contributed by atoms with Gasteiger partial charge in [-0.2, -0.15) is 0 Å². The number of halogens is 1. The van der Waals surface area contributed by atoms with Gasteiger partial charge in [0.25, 0.3) is 11.8 Å². The van der Waals surface area contributed by atoms with E-state index in [1.165, 1.54) is 16.7 Å². The number of benzene rings is 3. The molecule has 0 unspecified atom stereocenters. The summed E-state index contributed by atoms with van der Waals surface area (Å²) in [5.74, 6) is 0.107. The molecule has 0 saturated carbocycles. The van der Waals surface area contributed by atoms with Crippen LogP contribution in [0.3, 0.4) is 0 Å². The van der Waals surface area contributed by atoms with Crippen molar-refractivity contribution in [1.29, 1.82) is 0 Å². The Balaban J connectivity index is 1.41. The molecule has 3 aromatic carbocycles. The molecule has 1 heterocycles. The fourth-order valence-corrected chi connectivity index (χ4v) is 4.56. The third-order valence-electron chi connectivity index (χ3n) is 4.46. The van der Waals surface area contributed by atoms with E-state index in [4.69, 9.17) is 17.0 Å². The van der Waals surface area contributed by atoms with Crippen LogP contribution in [0.2, 0.25) is 0 Å². The summed E-state index contributed by atoms with van der Waals surface area (Å²) in [6.07, 6.45) is 1.77. The number of nitrogens with one attached hydrogen (secondary N) is 1. The lowest BCUT2D eigenvalue weighted by molar-refractivity contribution is -0.118. The summed E-state index contributed by atoms with van der Waals surface area (Å²) in [4.78, 5) is 27.1. The maximum absolute atomic E-state index is 12.9. The van der Waals surface area contributed by atoms with Crippen LogP contribution in [0.5, 0.6) is 5.75 Å². The Bertz CT molecular complexity index is 1200. The van der Waals surface area contributed by atoms with Crippen LogP contribution in [0, 0.1) is 0 Å². The topological polar surface area (TPSA) is 58.6 Å². The van der Waals surface area contributed by atoms with Crippen molar-refractivity contribution in [1.82, 2.24) is 0 Å². The van der Waals surface area contributed by atoms with Crippen molar-refractivity contribution in [2.75, 3.05) is 16.8 Å². The molecular weight excluding hydrogens is 508 g/mol. The predicted molar refractivity (Wildman–Crippen MR) is 137 cm³/mol. The minimum atomic E-state index is -0.263. The van der Waals surface area contributed by atoms with E-state index in [0.717, 1.165) is 15.7 Å². The zero-order valence-electron chi connectivity index (χ0n) is 16.7. The molecule has 1 N–H and O–H groups in total. The van der Waals surface area contributed by atoms with Crippen molar-refractivity contribution in [2.45, 2.75) is 0 Å². The fraction of sp³-hybridized carbons (Fsp3) is 0.0417. The first-order valence-corrected chi connectivity index (χ1v) is 11.6. The molecule has 2 amide bonds. The van der Waals surface area contributed by atoms with Crippen LogP contribution < -0.4 is 15.0 Å². The zero-order chi connectivity index (χ0) is 22.5. The number of amides is 2. The summed E-state index contributed by atoms with van der Waals surface area (Å²) in [6.45, 7) is -0.129. The molecule has 160 valence electrons. The van der Waals surface area contributed by atoms with E-state index in [1.54, 1.807) is 30.3 Å². The van der Waals surface area contributed by atoms with E-state index in [0.29, 0.717) is 20.7 Å². The normalized spacial score (nSPS) is 14.7. The van der Waals surface area contributed by atoms with Gasteiger partial charge >= 0.3 is 0 Å². The Morgan fingerprint density at radius 1 is 1.06 bits per heavy atom. The summed E-state index contributed by atoms with van der Waals surface area (Å²) in [6, 6.07) is 23.8. The van der Waals surface area contributed by atoms with Gasteiger partial charge in [0.15, 0.2) is 10.9 Å². The third-order valence-corrected chi connectivity index (χ3v) is 6.29. The molecule has 3 aromatic rings. The molecule has 0 spiro atoms. The number of thioether (sulfide) groups is 1. The number of para-hydroxylation sites is 1. The number of ether oxygens (including phenoxy) is 1. The molecule has 0 bridgehead atoms. The summed E-state index contributed by atoms with van der Waals surface area (Å²) < 4.78 is 7.05. The van der Waals surface area contributed by atoms with Crippen molar-refractivity contribution in [3.63, 3.8) is 0 Å². The highest BCUT2D eigenvalue weighted by atomic mass is 79.9. The van der Waals surface area contributed by atoms with Crippen molar-refractivity contribution in [2.24, 2.45) is 0 Å². The van der Waals surface area contributed by atoms with Gasteiger partial charge in [-0.1, -0.05) is 70.2 Å². The average Bonchev–Trinajstić information content (AvgIpc) is 3.07. The predicted octanol–water partition coefficient (Wildman–Crippen LogP) is 5.87. The summed E-state index contributed by atoms with van der Waals surface area (Å²) in [5, 5.41) is 2.78. The van der Waals surface area contributed by atoms with Crippen LogP contribution in [0.25, 0.3) is 6.08 Å². The molecule has 32 heavy (non-hydrogen) atoms. The van der Waals surface area contributed by atoms with Gasteiger partial charge in [-0.25, -0.2) is 0 Å². The lowest BCUT2D eigenvalue weighted by Gasteiger charge is -2.13. The van der Waals surface area contributed by atoms with Crippen molar-refractivity contribution in [3.8, 4) is 5.75 Å². The maximum Gasteiger partial charge on any atom is 0.270 e. The lowest BCUT2D eigenvalue weighted by Crippen LogP contribution is -2.27. The molecular formula is C24H17BrN2O3S2. The second-order valence-electron chi connectivity index (χ2n) is 6.77. The molecule has 0 aliphatic carbocycles. The van der Waals surface area contributed by atoms with Crippen LogP contribution in [0.1, 0.15) is 5.56 Å². The number of thiocarbonyl (C=S) groups is 1. The molecule has 0 aromatic heterocycles. The standard InChI is InChI=1S/C24H17BrN2O3S2/c25-17-9-11-18(12-10-17)26-22(28)15-30-20-8-4-5-16(13-20)14-21-23(29)27(24(31)32-21)19-6-2-1-3-7-19/h1-14H,15H2,(H,26,28)/b21-14-. The van der Waals surface area contributed by atoms with Gasteiger partial charge in [0.1, 0.15) is 5.75 Å². The van der Waals surface area contributed by atoms with E-state index >= 15 is 0 Å². The monoisotopic (exact) mass is 524 g/mol. The number of anilines is 2. The van der Waals surface area contributed by atoms with Crippen LogP contribution in [-0.2, 0) is 9.59 Å². The zero-order valence-corrected chi connectivity index (χ0v) is 19.9. The minimum Gasteiger partial charge on any atom is -0.484 e. The molecule has 5 nitrogen and oxygen atoms in total. The Morgan fingerprint density at radius 3 is 2.56 bits per heavy atom. The number of rotatable bonds is 6. The quantitative estimate of drug-likeness (QED) is 0.322. The van der Waals surface area contributed by atoms with Crippen molar-refractivity contribution >= 4 is 73.5 Å². The summed E-state index contributed by atoms with van der Waals surface area (Å²) in [5.41, 5.74) is 2.22. The van der Waals surface area contributed by atoms with Crippen LogP contribution in [0.4, 0.5) is 11.4 Å². The van der Waals surface area contributed by atoms with E-state index in [-0.39, 0.29) is 18.4 Å². The fourth-order valence-electron chi connectivity index (χ4n) is 2.99. The number of nitrogens with zero attached hydrogens (tertiary/aromatic N) is 1. The third kappa shape index (κ3) is 5.45. The van der Waals surface area contributed by atoms with Gasteiger partial charge in [-0.05, 0) is 60.2 Å². The Kier molecular flexibility index (Phi) is 7.04. The molecule has 1 aliphatic rings. The first kappa shape index (κ1) is 22.3. The number of carbonyl (C=O) groups is 2. The molecule has 4 rings (SSSR count). The van der Waals surface area contributed by atoms with E-state index < -0.39 is 0 Å². The Morgan fingerprint density at radius 2 is 1.81 bits per heavy atom. The highest BCUT2D eigenvalue weighted by molar-refractivity contribution is 9.10. The Hall–Kier alpha value is -2.94. The van der Waals surface area contributed by atoms with E-state index in [2.05, 4.69) is 21.2 Å². The van der Waals surface area contributed by atoms with Gasteiger partial charge in [0.2, 0.25) is 0 Å². The van der Waals surface area contributed by atoms with Gasteiger partial charge < -0.3 is 10.1 Å². The first-order chi connectivity index (χ1) is 15.5. The van der Waals surface area contributed by atoms with Crippen molar-refractivity contribution in [3.05, 3.63) is 93.8 Å². The van der Waals surface area contributed by atoms with Crippen LogP contribution in [0.15, 0.2) is 88.2 Å². The molecule has 1 aliphatic heterocycles. The number of hydrogen-bond acceptors (Lipinski definition) is 5. The smallest absolute Gasteiger partial charge is 0.270 e. The SMILES string of the molecule is O=C(COc1cccc(/C=C2\SC(=S)N(c3ccccc3)C2=O)c1)Nc1ccc(Br)cc1. The molecule has 0 radical (unpaired) electrons. The highest BCUT2D eigenvalue weighted by Gasteiger charge is 2.33. The van der Waals surface area contributed by atoms with Gasteiger partial charge in [-0.15, -0.1) is 0 Å². The van der Waals surface area contributed by atoms with Crippen LogP contribution in [-0.4, -0.2) is 22.7 Å². The number of carbonyl (C=O) groups excluding carboxylic acids is 2. The van der Waals surface area contributed by atoms with Crippen molar-refractivity contribution < 1.29 is 14.3 Å². The molecule has 1 saturated heterocycles. The number of hydrogen-bond donors (Lipinski definition) is 1. The summed E-state index contributed by atoms with van der Waals surface area (Å²) >= 11 is 10.0. The highest BCUT2D eigenvalue weighted by Crippen LogP contribution is 2.36. The van der Waals surface area contributed by atoms with Gasteiger partial charge in [0, 0.05) is 10.2 Å². The second kappa shape index (κ2) is 10.1. The summed E-state index contributed by atoms with van der Waals surface area (Å²) in [7, 11) is 0. The van der Waals surface area contributed by atoms with E-state index in [9.17, 15) is 9.59 Å². The second-order valence-corrected chi connectivity index (χ2v) is 9.36. The largest absolute Gasteiger partial charge is 0.484 e. The lowest BCUT2D eigenvalue weighted by atomic mass is 10.2.